The van der Waals surface area contributed by atoms with Crippen molar-refractivity contribution < 1.29 is 4.79 Å². The minimum absolute atomic E-state index is 0.0377. The Kier molecular flexibility index (Phi) is 3.53. The fourth-order valence-electron chi connectivity index (χ4n) is 3.62. The molecule has 0 radical (unpaired) electrons. The lowest BCUT2D eigenvalue weighted by molar-refractivity contribution is 0.0926. The van der Waals surface area contributed by atoms with E-state index in [0.29, 0.717) is 12.2 Å². The van der Waals surface area contributed by atoms with E-state index in [-0.39, 0.29) is 11.9 Å². The lowest BCUT2D eigenvalue weighted by Gasteiger charge is -2.26. The lowest BCUT2D eigenvalue weighted by atomic mass is 9.87. The molecule has 1 atom stereocenters. The summed E-state index contributed by atoms with van der Waals surface area (Å²) in [7, 11) is 0. The van der Waals surface area contributed by atoms with Crippen LogP contribution in [-0.4, -0.2) is 22.6 Å². The minimum Gasteiger partial charge on any atom is -0.399 e. The summed E-state index contributed by atoms with van der Waals surface area (Å²) in [5.41, 5.74) is 11.7. The molecule has 2 heterocycles. The van der Waals surface area contributed by atoms with Crippen LogP contribution < -0.4 is 16.4 Å². The molecule has 4 rings (SSSR count). The van der Waals surface area contributed by atoms with Crippen LogP contribution >= 0.6 is 0 Å². The molecule has 1 unspecified atom stereocenters. The number of nitrogens with two attached hydrogens (primary N) is 1. The van der Waals surface area contributed by atoms with E-state index in [9.17, 15) is 4.79 Å². The summed E-state index contributed by atoms with van der Waals surface area (Å²) in [6, 6.07) is 6.00. The van der Waals surface area contributed by atoms with E-state index in [1.54, 1.807) is 0 Å². The Bertz CT molecular complexity index is 751. The van der Waals surface area contributed by atoms with Crippen molar-refractivity contribution in [3.8, 4) is 0 Å². The third kappa shape index (κ3) is 2.59. The van der Waals surface area contributed by atoms with Gasteiger partial charge in [0, 0.05) is 36.5 Å². The van der Waals surface area contributed by atoms with Crippen molar-refractivity contribution in [2.24, 2.45) is 0 Å². The maximum atomic E-state index is 12.7. The summed E-state index contributed by atoms with van der Waals surface area (Å²) in [6.45, 7) is 1.63. The SMILES string of the molecule is Nc1ccc2c(c1)CCCC2NC(=O)c1n[nH]c2c1CNCC2. The number of hydrogen-bond donors (Lipinski definition) is 4. The summed E-state index contributed by atoms with van der Waals surface area (Å²) in [5.74, 6) is -0.0964. The quantitative estimate of drug-likeness (QED) is 0.631. The summed E-state index contributed by atoms with van der Waals surface area (Å²) in [4.78, 5) is 12.7. The van der Waals surface area contributed by atoms with E-state index < -0.39 is 0 Å². The topological polar surface area (TPSA) is 95.8 Å². The van der Waals surface area contributed by atoms with Crippen LogP contribution in [0.3, 0.4) is 0 Å². The number of carbonyl (C=O) groups is 1. The molecular weight excluding hydrogens is 290 g/mol. The van der Waals surface area contributed by atoms with Gasteiger partial charge >= 0.3 is 0 Å². The number of hydrogen-bond acceptors (Lipinski definition) is 4. The van der Waals surface area contributed by atoms with Gasteiger partial charge in [-0.25, -0.2) is 0 Å². The van der Waals surface area contributed by atoms with Gasteiger partial charge < -0.3 is 16.4 Å². The van der Waals surface area contributed by atoms with Gasteiger partial charge in [0.25, 0.3) is 5.91 Å². The van der Waals surface area contributed by atoms with Crippen molar-refractivity contribution in [2.75, 3.05) is 12.3 Å². The molecule has 6 nitrogen and oxygen atoms in total. The van der Waals surface area contributed by atoms with E-state index in [2.05, 4.69) is 20.8 Å². The number of benzene rings is 1. The molecule has 1 aromatic heterocycles. The number of amides is 1. The average molecular weight is 311 g/mol. The Labute approximate surface area is 134 Å². The second-order valence-corrected chi connectivity index (χ2v) is 6.33. The first-order chi connectivity index (χ1) is 11.2. The number of fused-ring (bicyclic) bond motifs is 2. The second-order valence-electron chi connectivity index (χ2n) is 6.33. The highest BCUT2D eigenvalue weighted by Crippen LogP contribution is 2.31. The zero-order chi connectivity index (χ0) is 15.8. The molecule has 5 N–H and O–H groups in total. The van der Waals surface area contributed by atoms with Gasteiger partial charge in [-0.1, -0.05) is 6.07 Å². The van der Waals surface area contributed by atoms with Crippen LogP contribution in [0.4, 0.5) is 5.69 Å². The Morgan fingerprint density at radius 3 is 3.17 bits per heavy atom. The molecule has 23 heavy (non-hydrogen) atoms. The number of nitrogen functional groups attached to an aromatic ring is 1. The highest BCUT2D eigenvalue weighted by atomic mass is 16.2. The third-order valence-electron chi connectivity index (χ3n) is 4.81. The number of nitrogens with one attached hydrogen (secondary N) is 3. The highest BCUT2D eigenvalue weighted by molar-refractivity contribution is 5.94. The number of aryl methyl sites for hydroxylation is 1. The molecule has 0 spiro atoms. The van der Waals surface area contributed by atoms with Crippen molar-refractivity contribution in [1.82, 2.24) is 20.8 Å². The molecule has 0 bridgehead atoms. The van der Waals surface area contributed by atoms with Gasteiger partial charge in [0.05, 0.1) is 6.04 Å². The Hall–Kier alpha value is -2.34. The van der Waals surface area contributed by atoms with Gasteiger partial charge in [-0.2, -0.15) is 5.10 Å². The minimum atomic E-state index is -0.0964. The Morgan fingerprint density at radius 1 is 1.35 bits per heavy atom. The molecule has 6 heteroatoms. The van der Waals surface area contributed by atoms with Gasteiger partial charge in [0.1, 0.15) is 0 Å². The maximum absolute atomic E-state index is 12.7. The number of rotatable bonds is 2. The number of aromatic amines is 1. The van der Waals surface area contributed by atoms with Crippen LogP contribution in [0.5, 0.6) is 0 Å². The lowest BCUT2D eigenvalue weighted by Crippen LogP contribution is -2.33. The zero-order valence-electron chi connectivity index (χ0n) is 13.0. The summed E-state index contributed by atoms with van der Waals surface area (Å²) < 4.78 is 0. The second kappa shape index (κ2) is 5.70. The Balaban J connectivity index is 1.57. The van der Waals surface area contributed by atoms with E-state index in [0.717, 1.165) is 49.2 Å². The van der Waals surface area contributed by atoms with Gasteiger partial charge in [0.15, 0.2) is 5.69 Å². The summed E-state index contributed by atoms with van der Waals surface area (Å²) >= 11 is 0. The number of nitrogens with zero attached hydrogens (tertiary/aromatic N) is 1. The van der Waals surface area contributed by atoms with Gasteiger partial charge in [-0.15, -0.1) is 0 Å². The Morgan fingerprint density at radius 2 is 2.26 bits per heavy atom. The van der Waals surface area contributed by atoms with Crippen LogP contribution in [0.1, 0.15) is 51.8 Å². The molecule has 0 saturated carbocycles. The number of H-pyrrole nitrogens is 1. The highest BCUT2D eigenvalue weighted by Gasteiger charge is 2.26. The van der Waals surface area contributed by atoms with E-state index in [1.165, 1.54) is 11.1 Å². The van der Waals surface area contributed by atoms with Crippen LogP contribution in [-0.2, 0) is 19.4 Å². The first-order valence-corrected chi connectivity index (χ1v) is 8.18. The maximum Gasteiger partial charge on any atom is 0.272 e. The first kappa shape index (κ1) is 14.3. The standard InChI is InChI=1S/C17H21N5O/c18-11-4-5-12-10(8-11)2-1-3-14(12)20-17(23)16-13-9-19-7-6-15(13)21-22-16/h4-5,8,14,19H,1-3,6-7,9,18H2,(H,20,23)(H,21,22). The molecule has 120 valence electrons. The molecular formula is C17H21N5O. The van der Waals surface area contributed by atoms with E-state index in [4.69, 9.17) is 5.73 Å². The van der Waals surface area contributed by atoms with Crippen molar-refractivity contribution in [3.63, 3.8) is 0 Å². The van der Waals surface area contributed by atoms with Crippen molar-refractivity contribution in [2.45, 2.75) is 38.3 Å². The molecule has 1 amide bonds. The van der Waals surface area contributed by atoms with Crippen molar-refractivity contribution in [3.05, 3.63) is 46.3 Å². The molecule has 1 aliphatic heterocycles. The van der Waals surface area contributed by atoms with Gasteiger partial charge in [-0.3, -0.25) is 9.89 Å². The summed E-state index contributed by atoms with van der Waals surface area (Å²) in [6.07, 6.45) is 3.92. The van der Waals surface area contributed by atoms with E-state index >= 15 is 0 Å². The fraction of sp³-hybridized carbons (Fsp3) is 0.412. The first-order valence-electron chi connectivity index (χ1n) is 8.18. The van der Waals surface area contributed by atoms with Crippen molar-refractivity contribution >= 4 is 11.6 Å². The largest absolute Gasteiger partial charge is 0.399 e. The molecule has 2 aromatic rings. The zero-order valence-corrected chi connectivity index (χ0v) is 13.0. The molecule has 0 fully saturated rings. The van der Waals surface area contributed by atoms with Crippen molar-refractivity contribution in [1.29, 1.82) is 0 Å². The molecule has 2 aliphatic rings. The van der Waals surface area contributed by atoms with Gasteiger partial charge in [-0.05, 0) is 42.5 Å². The summed E-state index contributed by atoms with van der Waals surface area (Å²) in [5, 5.41) is 13.7. The molecule has 1 aliphatic carbocycles. The normalized spacial score (nSPS) is 19.7. The number of anilines is 1. The predicted molar refractivity (Wildman–Crippen MR) is 88.0 cm³/mol. The van der Waals surface area contributed by atoms with E-state index in [1.807, 2.05) is 18.2 Å². The van der Waals surface area contributed by atoms with Crippen LogP contribution in [0.2, 0.25) is 0 Å². The predicted octanol–water partition coefficient (Wildman–Crippen LogP) is 1.44. The van der Waals surface area contributed by atoms with Crippen LogP contribution in [0.15, 0.2) is 18.2 Å². The molecule has 0 saturated heterocycles. The van der Waals surface area contributed by atoms with Crippen LogP contribution in [0, 0.1) is 0 Å². The smallest absolute Gasteiger partial charge is 0.272 e. The number of carbonyl (C=O) groups excluding carboxylic acids is 1. The average Bonchev–Trinajstić information content (AvgIpc) is 2.99. The fourth-order valence-corrected chi connectivity index (χ4v) is 3.62. The van der Waals surface area contributed by atoms with Crippen LogP contribution in [0.25, 0.3) is 0 Å². The third-order valence-corrected chi connectivity index (χ3v) is 4.81. The number of aromatic nitrogens is 2. The molecule has 1 aromatic carbocycles. The van der Waals surface area contributed by atoms with Gasteiger partial charge in [0.2, 0.25) is 0 Å². The monoisotopic (exact) mass is 311 g/mol.